The largest absolute Gasteiger partial charge is 0.441 e. The molecule has 2 aromatic heterocycles. The Morgan fingerprint density at radius 1 is 1.17 bits per heavy atom. The molecular weight excluding hydrogens is 394 g/mol. The third-order valence-electron chi connectivity index (χ3n) is 4.34. The molecule has 30 heavy (non-hydrogen) atoms. The summed E-state index contributed by atoms with van der Waals surface area (Å²) in [6, 6.07) is 10.3. The third kappa shape index (κ3) is 4.07. The van der Waals surface area contributed by atoms with Gasteiger partial charge in [-0.25, -0.2) is 13.8 Å². The maximum Gasteiger partial charge on any atom is 0.224 e. The molecule has 0 saturated heterocycles. The Kier molecular flexibility index (Phi) is 5.29. The number of nitrogens with one attached hydrogen (secondary N) is 1. The molecule has 4 aromatic rings. The van der Waals surface area contributed by atoms with Crippen LogP contribution in [-0.2, 0) is 11.2 Å². The molecule has 0 saturated carbocycles. The molecule has 0 aliphatic heterocycles. The van der Waals surface area contributed by atoms with Gasteiger partial charge >= 0.3 is 0 Å². The zero-order valence-corrected chi connectivity index (χ0v) is 15.8. The Bertz CT molecular complexity index is 1200. The van der Waals surface area contributed by atoms with E-state index in [0.29, 0.717) is 28.7 Å². The quantitative estimate of drug-likeness (QED) is 0.523. The second kappa shape index (κ2) is 8.19. The summed E-state index contributed by atoms with van der Waals surface area (Å²) in [6.45, 7) is 1.64. The Hall–Kier alpha value is -3.95. The van der Waals surface area contributed by atoms with Crippen LogP contribution in [0.3, 0.4) is 0 Å². The fraction of sp³-hybridized carbons (Fsp3) is 0.150. The number of aromatic nitrogens is 5. The number of hydrogen-bond donors (Lipinski definition) is 1. The van der Waals surface area contributed by atoms with Crippen molar-refractivity contribution in [3.05, 3.63) is 72.0 Å². The summed E-state index contributed by atoms with van der Waals surface area (Å²) < 4.78 is 34.7. The number of carbonyl (C=O) groups is 1. The smallest absolute Gasteiger partial charge is 0.224 e. The van der Waals surface area contributed by atoms with Gasteiger partial charge in [-0.1, -0.05) is 12.1 Å². The molecule has 4 rings (SSSR count). The molecule has 8 nitrogen and oxygen atoms in total. The van der Waals surface area contributed by atoms with Crippen molar-refractivity contribution in [3.63, 3.8) is 0 Å². The highest BCUT2D eigenvalue weighted by atomic mass is 19.1. The maximum atomic E-state index is 14.1. The molecule has 0 unspecified atom stereocenters. The lowest BCUT2D eigenvalue weighted by molar-refractivity contribution is -0.116. The van der Waals surface area contributed by atoms with Crippen molar-refractivity contribution in [2.24, 2.45) is 0 Å². The molecule has 152 valence electrons. The fourth-order valence-electron chi connectivity index (χ4n) is 2.86. The maximum absolute atomic E-state index is 14.1. The van der Waals surface area contributed by atoms with Gasteiger partial charge in [-0.3, -0.25) is 4.79 Å². The van der Waals surface area contributed by atoms with Crippen LogP contribution in [0.1, 0.15) is 18.1 Å². The summed E-state index contributed by atoms with van der Waals surface area (Å²) in [6.07, 6.45) is 1.72. The zero-order valence-electron chi connectivity index (χ0n) is 15.8. The number of halogens is 2. The molecule has 2 heterocycles. The van der Waals surface area contributed by atoms with Crippen LogP contribution in [0.4, 0.5) is 14.5 Å². The SMILES string of the molecule is Cc1nnnn1-c1cc(NC(=O)CCc2ncc(-c3ccccc3F)o2)ccc1F. The van der Waals surface area contributed by atoms with Gasteiger partial charge in [0.2, 0.25) is 5.91 Å². The van der Waals surface area contributed by atoms with E-state index in [-0.39, 0.29) is 24.4 Å². The van der Waals surface area contributed by atoms with Gasteiger partial charge in [0.1, 0.15) is 17.3 Å². The molecule has 10 heteroatoms. The number of benzene rings is 2. The number of oxazole rings is 1. The first-order valence-corrected chi connectivity index (χ1v) is 9.05. The van der Waals surface area contributed by atoms with Gasteiger partial charge in [0, 0.05) is 18.5 Å². The number of rotatable bonds is 6. The highest BCUT2D eigenvalue weighted by Crippen LogP contribution is 2.24. The van der Waals surface area contributed by atoms with Crippen LogP contribution < -0.4 is 5.32 Å². The Morgan fingerprint density at radius 3 is 2.77 bits per heavy atom. The predicted octanol–water partition coefficient (Wildman–Crippen LogP) is 3.48. The number of hydrogen-bond acceptors (Lipinski definition) is 6. The minimum atomic E-state index is -0.524. The van der Waals surface area contributed by atoms with E-state index in [1.165, 1.54) is 35.1 Å². The summed E-state index contributed by atoms with van der Waals surface area (Å²) in [5.74, 6) is -0.235. The van der Waals surface area contributed by atoms with Crippen LogP contribution in [0, 0.1) is 18.6 Å². The van der Waals surface area contributed by atoms with Gasteiger partial charge in [-0.2, -0.15) is 4.68 Å². The number of amides is 1. The number of carbonyl (C=O) groups excluding carboxylic acids is 1. The molecule has 0 atom stereocenters. The van der Waals surface area contributed by atoms with Crippen LogP contribution in [0.2, 0.25) is 0 Å². The molecule has 0 aliphatic rings. The monoisotopic (exact) mass is 410 g/mol. The van der Waals surface area contributed by atoms with E-state index in [4.69, 9.17) is 4.42 Å². The number of anilines is 1. The highest BCUT2D eigenvalue weighted by Gasteiger charge is 2.14. The van der Waals surface area contributed by atoms with E-state index in [1.54, 1.807) is 25.1 Å². The summed E-state index contributed by atoms with van der Waals surface area (Å²) >= 11 is 0. The van der Waals surface area contributed by atoms with Crippen LogP contribution in [-0.4, -0.2) is 31.1 Å². The van der Waals surface area contributed by atoms with Gasteiger partial charge in [-0.15, -0.1) is 5.10 Å². The van der Waals surface area contributed by atoms with Crippen LogP contribution >= 0.6 is 0 Å². The Balaban J connectivity index is 1.40. The van der Waals surface area contributed by atoms with Crippen molar-refractivity contribution in [1.82, 2.24) is 25.2 Å². The summed E-state index contributed by atoms with van der Waals surface area (Å²) in [7, 11) is 0. The van der Waals surface area contributed by atoms with Crippen molar-refractivity contribution < 1.29 is 18.0 Å². The third-order valence-corrected chi connectivity index (χ3v) is 4.34. The normalized spacial score (nSPS) is 10.9. The van der Waals surface area contributed by atoms with Crippen molar-refractivity contribution in [2.75, 3.05) is 5.32 Å². The van der Waals surface area contributed by atoms with E-state index in [1.807, 2.05) is 0 Å². The number of nitrogens with zero attached hydrogens (tertiary/aromatic N) is 5. The van der Waals surface area contributed by atoms with E-state index < -0.39 is 11.6 Å². The lowest BCUT2D eigenvalue weighted by atomic mass is 10.2. The van der Waals surface area contributed by atoms with E-state index in [9.17, 15) is 13.6 Å². The topological polar surface area (TPSA) is 98.7 Å². The van der Waals surface area contributed by atoms with Crippen LogP contribution in [0.25, 0.3) is 17.0 Å². The number of tetrazole rings is 1. The molecule has 0 aliphatic carbocycles. The first kappa shape index (κ1) is 19.4. The van der Waals surface area contributed by atoms with Crippen LogP contribution in [0.15, 0.2) is 53.1 Å². The summed E-state index contributed by atoms with van der Waals surface area (Å²) in [4.78, 5) is 16.4. The van der Waals surface area contributed by atoms with E-state index >= 15 is 0 Å². The Labute approximate surface area is 169 Å². The van der Waals surface area contributed by atoms with Crippen molar-refractivity contribution >= 4 is 11.6 Å². The van der Waals surface area contributed by atoms with E-state index in [0.717, 1.165) is 0 Å². The average molecular weight is 410 g/mol. The molecule has 0 spiro atoms. The Morgan fingerprint density at radius 2 is 2.00 bits per heavy atom. The second-order valence-electron chi connectivity index (χ2n) is 6.45. The minimum Gasteiger partial charge on any atom is -0.441 e. The van der Waals surface area contributed by atoms with Gasteiger partial charge in [0.25, 0.3) is 0 Å². The van der Waals surface area contributed by atoms with Crippen molar-refractivity contribution in [2.45, 2.75) is 19.8 Å². The number of aryl methyl sites for hydroxylation is 2. The standard InChI is InChI=1S/C20H16F2N6O2/c1-12-25-26-27-28(12)17-10-13(6-7-16(17)22)24-19(29)8-9-20-23-11-18(30-20)14-4-2-3-5-15(14)21/h2-7,10-11H,8-9H2,1H3,(H,24,29). The van der Waals surface area contributed by atoms with Gasteiger partial charge in [0.05, 0.1) is 11.8 Å². The van der Waals surface area contributed by atoms with Gasteiger partial charge in [0.15, 0.2) is 17.5 Å². The lowest BCUT2D eigenvalue weighted by Gasteiger charge is -2.08. The van der Waals surface area contributed by atoms with E-state index in [2.05, 4.69) is 25.8 Å². The zero-order chi connectivity index (χ0) is 21.1. The first-order chi connectivity index (χ1) is 14.5. The summed E-state index contributed by atoms with van der Waals surface area (Å²) in [5, 5.41) is 13.6. The molecular formula is C20H16F2N6O2. The van der Waals surface area contributed by atoms with Gasteiger partial charge < -0.3 is 9.73 Å². The predicted molar refractivity (Wildman–Crippen MR) is 103 cm³/mol. The highest BCUT2D eigenvalue weighted by molar-refractivity contribution is 5.91. The van der Waals surface area contributed by atoms with Crippen LogP contribution in [0.5, 0.6) is 0 Å². The summed E-state index contributed by atoms with van der Waals surface area (Å²) in [5.41, 5.74) is 0.820. The first-order valence-electron chi connectivity index (χ1n) is 9.05. The molecule has 0 bridgehead atoms. The lowest BCUT2D eigenvalue weighted by Crippen LogP contribution is -2.13. The molecule has 1 amide bonds. The fourth-order valence-corrected chi connectivity index (χ4v) is 2.86. The molecule has 1 N–H and O–H groups in total. The van der Waals surface area contributed by atoms with Crippen molar-refractivity contribution in [3.8, 4) is 17.0 Å². The molecule has 0 fully saturated rings. The average Bonchev–Trinajstić information content (AvgIpc) is 3.37. The minimum absolute atomic E-state index is 0.0772. The molecule has 2 aromatic carbocycles. The second-order valence-corrected chi connectivity index (χ2v) is 6.45. The molecule has 0 radical (unpaired) electrons. The van der Waals surface area contributed by atoms with Gasteiger partial charge in [-0.05, 0) is 47.7 Å². The van der Waals surface area contributed by atoms with Crippen molar-refractivity contribution in [1.29, 1.82) is 0 Å².